The van der Waals surface area contributed by atoms with Crippen LogP contribution in [0.15, 0.2) is 23.3 Å². The number of aromatic nitrogens is 1. The van der Waals surface area contributed by atoms with Crippen molar-refractivity contribution in [3.8, 4) is 0 Å². The number of hydrogen-bond donors (Lipinski definition) is 3. The van der Waals surface area contributed by atoms with E-state index in [0.717, 1.165) is 12.5 Å². The molecule has 1 aromatic heterocycles. The first-order chi connectivity index (χ1) is 9.45. The first kappa shape index (κ1) is 19.7. The molecule has 1 rings (SSSR count). The Kier molecular flexibility index (Phi) is 9.06. The Morgan fingerprint density at radius 1 is 1.38 bits per heavy atom. The van der Waals surface area contributed by atoms with E-state index in [0.29, 0.717) is 13.1 Å². The highest BCUT2D eigenvalue weighted by Crippen LogP contribution is 2.33. The molecule has 0 spiro atoms. The first-order valence-electron chi connectivity index (χ1n) is 6.25. The number of alkyl halides is 3. The van der Waals surface area contributed by atoms with Gasteiger partial charge in [-0.1, -0.05) is 6.92 Å². The quantitative estimate of drug-likeness (QED) is 0.288. The molecule has 0 bridgehead atoms. The van der Waals surface area contributed by atoms with Crippen molar-refractivity contribution in [1.29, 1.82) is 0 Å². The van der Waals surface area contributed by atoms with Crippen molar-refractivity contribution < 1.29 is 13.2 Å². The molecule has 0 aliphatic heterocycles. The monoisotopic (exact) mass is 417 g/mol. The van der Waals surface area contributed by atoms with E-state index in [1.54, 1.807) is 0 Å². The van der Waals surface area contributed by atoms with Crippen LogP contribution in [-0.4, -0.2) is 30.6 Å². The van der Waals surface area contributed by atoms with Crippen LogP contribution < -0.4 is 16.4 Å². The molecule has 21 heavy (non-hydrogen) atoms. The lowest BCUT2D eigenvalue weighted by Gasteiger charge is -2.13. The molecule has 0 unspecified atom stereocenters. The second-order valence-corrected chi connectivity index (χ2v) is 4.02. The molecule has 1 heterocycles. The number of aliphatic imine (C=N–C) groups is 1. The molecule has 0 saturated carbocycles. The van der Waals surface area contributed by atoms with Gasteiger partial charge in [0.2, 0.25) is 0 Å². The lowest BCUT2D eigenvalue weighted by atomic mass is 10.2. The second-order valence-electron chi connectivity index (χ2n) is 4.02. The number of pyridine rings is 1. The maximum atomic E-state index is 12.7. The van der Waals surface area contributed by atoms with E-state index < -0.39 is 11.7 Å². The van der Waals surface area contributed by atoms with Crippen molar-refractivity contribution in [3.63, 3.8) is 0 Å². The number of nitrogens with two attached hydrogens (primary N) is 1. The lowest BCUT2D eigenvalue weighted by Crippen LogP contribution is -2.35. The molecule has 0 aromatic carbocycles. The van der Waals surface area contributed by atoms with Crippen LogP contribution in [0.1, 0.15) is 18.9 Å². The summed E-state index contributed by atoms with van der Waals surface area (Å²) in [7, 11) is 0. The lowest BCUT2D eigenvalue weighted by molar-refractivity contribution is -0.137. The van der Waals surface area contributed by atoms with Crippen molar-refractivity contribution >= 4 is 35.8 Å². The third-order valence-electron chi connectivity index (χ3n) is 2.34. The van der Waals surface area contributed by atoms with E-state index in [1.165, 1.54) is 12.3 Å². The van der Waals surface area contributed by atoms with Crippen LogP contribution in [-0.2, 0) is 6.18 Å². The van der Waals surface area contributed by atoms with Crippen molar-refractivity contribution in [1.82, 2.24) is 10.3 Å². The first-order valence-corrected chi connectivity index (χ1v) is 6.25. The summed E-state index contributed by atoms with van der Waals surface area (Å²) in [5.74, 6) is 0.0941. The predicted octanol–water partition coefficient (Wildman–Crippen LogP) is 2.44. The Balaban J connectivity index is 0.00000400. The van der Waals surface area contributed by atoms with Gasteiger partial charge in [0.1, 0.15) is 5.82 Å². The minimum absolute atomic E-state index is 0. The molecule has 4 N–H and O–H groups in total. The van der Waals surface area contributed by atoms with Gasteiger partial charge in [0.15, 0.2) is 5.96 Å². The Bertz CT molecular complexity index is 451. The summed E-state index contributed by atoms with van der Waals surface area (Å²) in [6.07, 6.45) is -2.24. The number of nitrogens with zero attached hydrogens (tertiary/aromatic N) is 2. The van der Waals surface area contributed by atoms with E-state index in [9.17, 15) is 13.2 Å². The maximum absolute atomic E-state index is 12.7. The number of guanidine groups is 1. The highest BCUT2D eigenvalue weighted by Gasteiger charge is 2.33. The molecule has 1 aromatic rings. The Labute approximate surface area is 138 Å². The SMILES string of the molecule is CCCN=C(N)NCCNc1ncccc1C(F)(F)F.I. The van der Waals surface area contributed by atoms with Gasteiger partial charge in [-0.15, -0.1) is 24.0 Å². The molecule has 0 radical (unpaired) electrons. The van der Waals surface area contributed by atoms with E-state index >= 15 is 0 Å². The van der Waals surface area contributed by atoms with Crippen LogP contribution in [0, 0.1) is 0 Å². The third-order valence-corrected chi connectivity index (χ3v) is 2.34. The van der Waals surface area contributed by atoms with E-state index in [-0.39, 0.29) is 42.3 Å². The fraction of sp³-hybridized carbons (Fsp3) is 0.500. The molecule has 9 heteroatoms. The molecule has 120 valence electrons. The van der Waals surface area contributed by atoms with Gasteiger partial charge in [-0.05, 0) is 18.6 Å². The highest BCUT2D eigenvalue weighted by molar-refractivity contribution is 14.0. The fourth-order valence-corrected chi connectivity index (χ4v) is 1.43. The minimum Gasteiger partial charge on any atom is -0.370 e. The Hall–Kier alpha value is -1.26. The molecule has 0 amide bonds. The summed E-state index contributed by atoms with van der Waals surface area (Å²) in [6.45, 7) is 3.19. The van der Waals surface area contributed by atoms with E-state index in [2.05, 4.69) is 20.6 Å². The predicted molar refractivity (Wildman–Crippen MR) is 87.9 cm³/mol. The minimum atomic E-state index is -4.42. The zero-order valence-corrected chi connectivity index (χ0v) is 13.9. The number of anilines is 1. The van der Waals surface area contributed by atoms with Crippen LogP contribution in [0.25, 0.3) is 0 Å². The van der Waals surface area contributed by atoms with Gasteiger partial charge in [0.05, 0.1) is 5.56 Å². The van der Waals surface area contributed by atoms with Crippen LogP contribution >= 0.6 is 24.0 Å². The zero-order chi connectivity index (χ0) is 15.0. The molecule has 0 aliphatic carbocycles. The third kappa shape index (κ3) is 7.34. The summed E-state index contributed by atoms with van der Waals surface area (Å²) < 4.78 is 38.1. The van der Waals surface area contributed by atoms with Crippen LogP contribution in [0.2, 0.25) is 0 Å². The molecular weight excluding hydrogens is 398 g/mol. The van der Waals surface area contributed by atoms with Crippen LogP contribution in [0.5, 0.6) is 0 Å². The number of hydrogen-bond acceptors (Lipinski definition) is 3. The zero-order valence-electron chi connectivity index (χ0n) is 11.6. The highest BCUT2D eigenvalue weighted by atomic mass is 127. The molecule has 0 saturated heterocycles. The van der Waals surface area contributed by atoms with Crippen molar-refractivity contribution in [2.45, 2.75) is 19.5 Å². The summed E-state index contributed by atoms with van der Waals surface area (Å²) in [6, 6.07) is 2.24. The van der Waals surface area contributed by atoms with Crippen LogP contribution in [0.4, 0.5) is 19.0 Å². The topological polar surface area (TPSA) is 75.3 Å². The summed E-state index contributed by atoms with van der Waals surface area (Å²) in [5.41, 5.74) is 4.77. The van der Waals surface area contributed by atoms with Crippen molar-refractivity contribution in [3.05, 3.63) is 23.9 Å². The van der Waals surface area contributed by atoms with Gasteiger partial charge in [-0.25, -0.2) is 4.98 Å². The van der Waals surface area contributed by atoms with Gasteiger partial charge in [-0.2, -0.15) is 13.2 Å². The maximum Gasteiger partial charge on any atom is 0.419 e. The van der Waals surface area contributed by atoms with Gasteiger partial charge >= 0.3 is 6.18 Å². The Morgan fingerprint density at radius 2 is 2.10 bits per heavy atom. The summed E-state index contributed by atoms with van der Waals surface area (Å²) >= 11 is 0. The van der Waals surface area contributed by atoms with E-state index in [1.807, 2.05) is 6.92 Å². The molecule has 0 fully saturated rings. The van der Waals surface area contributed by atoms with E-state index in [4.69, 9.17) is 5.73 Å². The van der Waals surface area contributed by atoms with Crippen LogP contribution in [0.3, 0.4) is 0 Å². The Morgan fingerprint density at radius 3 is 2.71 bits per heavy atom. The average Bonchev–Trinajstić information content (AvgIpc) is 2.40. The molecule has 5 nitrogen and oxygen atoms in total. The standard InChI is InChI=1S/C12H18F3N5.HI/c1-2-5-19-11(16)20-8-7-18-10-9(12(13,14)15)4-3-6-17-10;/h3-4,6H,2,5,7-8H2,1H3,(H,17,18)(H3,16,19,20);1H. The number of rotatable bonds is 6. The smallest absolute Gasteiger partial charge is 0.370 e. The van der Waals surface area contributed by atoms with Gasteiger partial charge in [0.25, 0.3) is 0 Å². The largest absolute Gasteiger partial charge is 0.419 e. The van der Waals surface area contributed by atoms with Gasteiger partial charge in [-0.3, -0.25) is 4.99 Å². The molecular formula is C12H19F3IN5. The number of halogens is 4. The number of nitrogens with one attached hydrogen (secondary N) is 2. The summed E-state index contributed by atoms with van der Waals surface area (Å²) in [5, 5.41) is 5.43. The van der Waals surface area contributed by atoms with Gasteiger partial charge < -0.3 is 16.4 Å². The molecule has 0 atom stereocenters. The van der Waals surface area contributed by atoms with Crippen molar-refractivity contribution in [2.75, 3.05) is 25.0 Å². The molecule has 0 aliphatic rings. The average molecular weight is 417 g/mol. The fourth-order valence-electron chi connectivity index (χ4n) is 1.43. The summed E-state index contributed by atoms with van der Waals surface area (Å²) in [4.78, 5) is 7.69. The van der Waals surface area contributed by atoms with Gasteiger partial charge in [0, 0.05) is 25.8 Å². The van der Waals surface area contributed by atoms with Crippen molar-refractivity contribution in [2.24, 2.45) is 10.7 Å². The normalized spacial score (nSPS) is 11.7. The second kappa shape index (κ2) is 9.64.